The van der Waals surface area contributed by atoms with Gasteiger partial charge in [-0.1, -0.05) is 38.1 Å². The molecule has 29 heavy (non-hydrogen) atoms. The number of carbonyl (C=O) groups is 1. The van der Waals surface area contributed by atoms with E-state index in [0.29, 0.717) is 29.5 Å². The lowest BCUT2D eigenvalue weighted by Gasteiger charge is -2.24. The predicted molar refractivity (Wildman–Crippen MR) is 110 cm³/mol. The van der Waals surface area contributed by atoms with E-state index in [-0.39, 0.29) is 11.7 Å². The summed E-state index contributed by atoms with van der Waals surface area (Å²) in [4.78, 5) is 25.8. The molecule has 4 aromatic rings. The number of carbonyl (C=O) groups excluding carboxylic acids is 1. The second-order valence-corrected chi connectivity index (χ2v) is 7.85. The maximum atomic E-state index is 12.9. The van der Waals surface area contributed by atoms with Crippen LogP contribution in [0.4, 0.5) is 0 Å². The first kappa shape index (κ1) is 17.7. The summed E-state index contributed by atoms with van der Waals surface area (Å²) in [6.07, 6.45) is 6.30. The molecule has 0 N–H and O–H groups in total. The van der Waals surface area contributed by atoms with Gasteiger partial charge in [0, 0.05) is 30.6 Å². The minimum absolute atomic E-state index is 0.111. The third kappa shape index (κ3) is 3.10. The van der Waals surface area contributed by atoms with E-state index in [0.717, 1.165) is 17.7 Å². The maximum Gasteiger partial charge on any atom is 0.252 e. The Labute approximate surface area is 168 Å². The van der Waals surface area contributed by atoms with Gasteiger partial charge in [0.2, 0.25) is 0 Å². The standard InChI is InChI=1S/C23H21N5O/c1-14(2)15-3-5-16(6-4-15)18-11-20-19(21(29)12-18)13-25-23-26-22(27-28(20)23)17-7-9-24-10-8-17/h3-10,13-14,18H,11-12H2,1-2H3. The number of nitrogens with zero attached hydrogens (tertiary/aromatic N) is 5. The fraction of sp³-hybridized carbons (Fsp3) is 0.261. The van der Waals surface area contributed by atoms with E-state index in [1.165, 1.54) is 11.1 Å². The van der Waals surface area contributed by atoms with Crippen LogP contribution in [0.5, 0.6) is 0 Å². The van der Waals surface area contributed by atoms with Gasteiger partial charge in [-0.15, -0.1) is 5.10 Å². The second-order valence-electron chi connectivity index (χ2n) is 7.85. The Morgan fingerprint density at radius 2 is 1.79 bits per heavy atom. The zero-order valence-electron chi connectivity index (χ0n) is 16.4. The van der Waals surface area contributed by atoms with E-state index < -0.39 is 0 Å². The molecule has 5 rings (SSSR count). The summed E-state index contributed by atoms with van der Waals surface area (Å²) in [5, 5.41) is 4.66. The lowest BCUT2D eigenvalue weighted by Crippen LogP contribution is -2.22. The molecule has 1 aliphatic carbocycles. The van der Waals surface area contributed by atoms with Crippen LogP contribution in [0.2, 0.25) is 0 Å². The van der Waals surface area contributed by atoms with Gasteiger partial charge in [0.1, 0.15) is 0 Å². The first-order valence-electron chi connectivity index (χ1n) is 9.88. The molecule has 0 bridgehead atoms. The molecule has 0 saturated carbocycles. The van der Waals surface area contributed by atoms with Crippen molar-refractivity contribution in [3.05, 3.63) is 77.4 Å². The van der Waals surface area contributed by atoms with Crippen molar-refractivity contribution in [2.24, 2.45) is 0 Å². The molecule has 1 unspecified atom stereocenters. The number of hydrogen-bond acceptors (Lipinski definition) is 5. The van der Waals surface area contributed by atoms with Crippen molar-refractivity contribution >= 4 is 11.6 Å². The van der Waals surface area contributed by atoms with Crippen LogP contribution in [0.1, 0.15) is 59.3 Å². The van der Waals surface area contributed by atoms with Crippen molar-refractivity contribution in [1.82, 2.24) is 24.6 Å². The van der Waals surface area contributed by atoms with Crippen LogP contribution < -0.4 is 0 Å². The van der Waals surface area contributed by atoms with Gasteiger partial charge >= 0.3 is 0 Å². The molecule has 0 radical (unpaired) electrons. The van der Waals surface area contributed by atoms with Crippen LogP contribution in [0.3, 0.4) is 0 Å². The summed E-state index contributed by atoms with van der Waals surface area (Å²) in [5.74, 6) is 1.84. The summed E-state index contributed by atoms with van der Waals surface area (Å²) in [5.41, 5.74) is 4.91. The van der Waals surface area contributed by atoms with Crippen LogP contribution >= 0.6 is 0 Å². The highest BCUT2D eigenvalue weighted by Gasteiger charge is 2.29. The van der Waals surface area contributed by atoms with Gasteiger partial charge in [-0.05, 0) is 41.5 Å². The summed E-state index contributed by atoms with van der Waals surface area (Å²) in [7, 11) is 0. The molecule has 3 heterocycles. The molecular formula is C23H21N5O. The van der Waals surface area contributed by atoms with E-state index in [4.69, 9.17) is 0 Å². The smallest absolute Gasteiger partial charge is 0.252 e. The Hall–Kier alpha value is -3.41. The monoisotopic (exact) mass is 383 g/mol. The molecule has 0 aliphatic heterocycles. The molecule has 3 aromatic heterocycles. The summed E-state index contributed by atoms with van der Waals surface area (Å²) < 4.78 is 1.73. The van der Waals surface area contributed by atoms with Crippen LogP contribution in [-0.2, 0) is 6.42 Å². The minimum Gasteiger partial charge on any atom is -0.294 e. The zero-order valence-corrected chi connectivity index (χ0v) is 16.4. The summed E-state index contributed by atoms with van der Waals surface area (Å²) in [6.45, 7) is 4.37. The number of ketones is 1. The number of rotatable bonds is 3. The highest BCUT2D eigenvalue weighted by molar-refractivity contribution is 5.98. The SMILES string of the molecule is CC(C)c1ccc(C2CC(=O)c3cnc4nc(-c5ccncc5)nn4c3C2)cc1. The Morgan fingerprint density at radius 1 is 1.03 bits per heavy atom. The number of hydrogen-bond donors (Lipinski definition) is 0. The average Bonchev–Trinajstić information content (AvgIpc) is 3.19. The number of fused-ring (bicyclic) bond motifs is 3. The molecule has 1 aromatic carbocycles. The first-order valence-corrected chi connectivity index (χ1v) is 9.88. The normalized spacial score (nSPS) is 16.4. The summed E-state index contributed by atoms with van der Waals surface area (Å²) >= 11 is 0. The number of benzene rings is 1. The van der Waals surface area contributed by atoms with Crippen LogP contribution in [0, 0.1) is 0 Å². The topological polar surface area (TPSA) is 73.0 Å². The molecule has 6 heteroatoms. The van der Waals surface area contributed by atoms with Crippen molar-refractivity contribution in [2.75, 3.05) is 0 Å². The quantitative estimate of drug-likeness (QED) is 0.529. The predicted octanol–water partition coefficient (Wildman–Crippen LogP) is 4.22. The molecular weight excluding hydrogens is 362 g/mol. The molecule has 0 fully saturated rings. The third-order valence-electron chi connectivity index (χ3n) is 5.65. The first-order chi connectivity index (χ1) is 14.1. The van der Waals surface area contributed by atoms with Gasteiger partial charge in [-0.2, -0.15) is 9.50 Å². The van der Waals surface area contributed by atoms with Crippen molar-refractivity contribution < 1.29 is 4.79 Å². The lowest BCUT2D eigenvalue weighted by molar-refractivity contribution is 0.0962. The molecule has 144 valence electrons. The fourth-order valence-electron chi connectivity index (χ4n) is 3.96. The molecule has 0 spiro atoms. The number of aromatic nitrogens is 5. The van der Waals surface area contributed by atoms with Gasteiger partial charge < -0.3 is 0 Å². The van der Waals surface area contributed by atoms with Crippen LogP contribution in [0.15, 0.2) is 55.0 Å². The molecule has 0 saturated heterocycles. The summed E-state index contributed by atoms with van der Waals surface area (Å²) in [6, 6.07) is 12.4. The molecule has 1 atom stereocenters. The lowest BCUT2D eigenvalue weighted by atomic mass is 9.81. The Morgan fingerprint density at radius 3 is 2.52 bits per heavy atom. The van der Waals surface area contributed by atoms with Gasteiger partial charge in [-0.25, -0.2) is 4.98 Å². The Balaban J connectivity index is 1.55. The van der Waals surface area contributed by atoms with E-state index in [9.17, 15) is 4.79 Å². The van der Waals surface area contributed by atoms with Crippen molar-refractivity contribution in [3.8, 4) is 11.4 Å². The van der Waals surface area contributed by atoms with E-state index in [1.54, 1.807) is 23.1 Å². The van der Waals surface area contributed by atoms with E-state index >= 15 is 0 Å². The van der Waals surface area contributed by atoms with Crippen molar-refractivity contribution in [1.29, 1.82) is 0 Å². The fourth-order valence-corrected chi connectivity index (χ4v) is 3.96. The second kappa shape index (κ2) is 6.88. The van der Waals surface area contributed by atoms with Gasteiger partial charge in [0.25, 0.3) is 5.78 Å². The Bertz CT molecular complexity index is 1200. The zero-order chi connectivity index (χ0) is 20.0. The molecule has 1 aliphatic rings. The Kier molecular flexibility index (Phi) is 4.19. The van der Waals surface area contributed by atoms with Gasteiger partial charge in [0.05, 0.1) is 11.3 Å². The van der Waals surface area contributed by atoms with Crippen LogP contribution in [-0.4, -0.2) is 30.3 Å². The van der Waals surface area contributed by atoms with Gasteiger partial charge in [-0.3, -0.25) is 9.78 Å². The minimum atomic E-state index is 0.111. The van der Waals surface area contributed by atoms with Crippen molar-refractivity contribution in [2.45, 2.75) is 38.5 Å². The van der Waals surface area contributed by atoms with Crippen LogP contribution in [0.25, 0.3) is 17.2 Å². The molecule has 6 nitrogen and oxygen atoms in total. The third-order valence-corrected chi connectivity index (χ3v) is 5.65. The maximum absolute atomic E-state index is 12.9. The largest absolute Gasteiger partial charge is 0.294 e. The van der Waals surface area contributed by atoms with Gasteiger partial charge in [0.15, 0.2) is 11.6 Å². The number of pyridine rings is 1. The van der Waals surface area contributed by atoms with E-state index in [1.807, 2.05) is 12.1 Å². The number of Topliss-reactive ketones (excluding diaryl/α,β-unsaturated/α-hetero) is 1. The van der Waals surface area contributed by atoms with Crippen molar-refractivity contribution in [3.63, 3.8) is 0 Å². The average molecular weight is 383 g/mol. The molecule has 0 amide bonds. The highest BCUT2D eigenvalue weighted by atomic mass is 16.1. The van der Waals surface area contributed by atoms with E-state index in [2.05, 4.69) is 58.2 Å². The highest BCUT2D eigenvalue weighted by Crippen LogP contribution is 2.33.